The second-order valence-corrected chi connectivity index (χ2v) is 4.48. The summed E-state index contributed by atoms with van der Waals surface area (Å²) in [6, 6.07) is 7.61. The zero-order chi connectivity index (χ0) is 12.0. The van der Waals surface area contributed by atoms with Gasteiger partial charge in [0.1, 0.15) is 5.75 Å². The molecule has 1 unspecified atom stereocenters. The molecule has 0 spiro atoms. The summed E-state index contributed by atoms with van der Waals surface area (Å²) in [5.74, 6) is 5.75. The maximum Gasteiger partial charge on any atom is 0.247 e. The Kier molecular flexibility index (Phi) is 5.14. The largest absolute Gasteiger partial charge is 0.497 e. The first kappa shape index (κ1) is 12.9. The molecule has 1 rings (SSSR count). The summed E-state index contributed by atoms with van der Waals surface area (Å²) in [7, 11) is 1.62. The van der Waals surface area contributed by atoms with Crippen molar-refractivity contribution in [3.05, 3.63) is 24.3 Å². The first-order valence-corrected chi connectivity index (χ1v) is 5.90. The summed E-state index contributed by atoms with van der Waals surface area (Å²) in [5, 5.41) is -0.169. The van der Waals surface area contributed by atoms with Crippen LogP contribution in [0.5, 0.6) is 5.75 Å². The van der Waals surface area contributed by atoms with Gasteiger partial charge in [-0.05, 0) is 24.6 Å². The minimum Gasteiger partial charge on any atom is -0.497 e. The van der Waals surface area contributed by atoms with Crippen LogP contribution in [0.4, 0.5) is 0 Å². The average Bonchev–Trinajstić information content (AvgIpc) is 2.35. The molecule has 0 heterocycles. The van der Waals surface area contributed by atoms with Gasteiger partial charge in [0.25, 0.3) is 0 Å². The summed E-state index contributed by atoms with van der Waals surface area (Å²) in [5.41, 5.74) is 2.17. The van der Waals surface area contributed by atoms with Crippen molar-refractivity contribution in [3.8, 4) is 5.75 Å². The van der Waals surface area contributed by atoms with E-state index in [0.29, 0.717) is 0 Å². The molecule has 0 aliphatic heterocycles. The third-order valence-corrected chi connectivity index (χ3v) is 3.48. The molecule has 1 amide bonds. The minimum absolute atomic E-state index is 0.157. The van der Waals surface area contributed by atoms with Crippen LogP contribution in [0.3, 0.4) is 0 Å². The van der Waals surface area contributed by atoms with Gasteiger partial charge in [-0.1, -0.05) is 13.0 Å². The number of carbonyl (C=O) groups is 1. The molecule has 0 saturated heterocycles. The fourth-order valence-corrected chi connectivity index (χ4v) is 2.27. The summed E-state index contributed by atoms with van der Waals surface area (Å²) in [6.07, 6.45) is 0.727. The number of nitrogens with two attached hydrogens (primary N) is 1. The number of thioether (sulfide) groups is 1. The molecule has 0 aromatic heterocycles. The average molecular weight is 240 g/mol. The molecular weight excluding hydrogens is 224 g/mol. The van der Waals surface area contributed by atoms with Gasteiger partial charge in [0.2, 0.25) is 5.91 Å². The number of ether oxygens (including phenoxy) is 1. The summed E-state index contributed by atoms with van der Waals surface area (Å²) < 4.78 is 5.12. The molecule has 16 heavy (non-hydrogen) atoms. The minimum atomic E-state index is -0.169. The molecule has 3 N–H and O–H groups in total. The molecule has 1 atom stereocenters. The van der Waals surface area contributed by atoms with Crippen LogP contribution in [0.25, 0.3) is 0 Å². The summed E-state index contributed by atoms with van der Waals surface area (Å²) in [4.78, 5) is 12.4. The van der Waals surface area contributed by atoms with Gasteiger partial charge in [-0.15, -0.1) is 11.8 Å². The van der Waals surface area contributed by atoms with Crippen LogP contribution in [0.1, 0.15) is 13.3 Å². The van der Waals surface area contributed by atoms with Crippen LogP contribution in [0.15, 0.2) is 29.2 Å². The maximum absolute atomic E-state index is 11.4. The van der Waals surface area contributed by atoms with Gasteiger partial charge in [0.15, 0.2) is 0 Å². The highest BCUT2D eigenvalue weighted by molar-refractivity contribution is 8.00. The van der Waals surface area contributed by atoms with E-state index in [1.165, 1.54) is 11.8 Å². The van der Waals surface area contributed by atoms with Gasteiger partial charge < -0.3 is 4.74 Å². The number of amides is 1. The molecular formula is C11H16N2O2S. The van der Waals surface area contributed by atoms with Crippen LogP contribution >= 0.6 is 11.8 Å². The summed E-state index contributed by atoms with van der Waals surface area (Å²) in [6.45, 7) is 1.95. The van der Waals surface area contributed by atoms with E-state index >= 15 is 0 Å². The molecule has 0 bridgehead atoms. The SMILES string of the molecule is CCC(Sc1cccc(OC)c1)C(=O)NN. The number of hydrazine groups is 1. The van der Waals surface area contributed by atoms with Crippen LogP contribution in [-0.2, 0) is 4.79 Å². The number of methoxy groups -OCH3 is 1. The first-order chi connectivity index (χ1) is 7.71. The van der Waals surface area contributed by atoms with Crippen LogP contribution in [0.2, 0.25) is 0 Å². The molecule has 0 radical (unpaired) electrons. The molecule has 5 heteroatoms. The third-order valence-electron chi connectivity index (χ3n) is 2.13. The standard InChI is InChI=1S/C11H16N2O2S/c1-3-10(11(14)13-12)16-9-6-4-5-8(7-9)15-2/h4-7,10H,3,12H2,1-2H3,(H,13,14). The summed E-state index contributed by atoms with van der Waals surface area (Å²) >= 11 is 1.48. The second-order valence-electron chi connectivity index (χ2n) is 3.20. The zero-order valence-electron chi connectivity index (χ0n) is 9.40. The van der Waals surface area contributed by atoms with E-state index in [1.807, 2.05) is 31.2 Å². The molecule has 0 fully saturated rings. The Balaban J connectivity index is 2.73. The molecule has 0 aliphatic rings. The number of hydrogen-bond acceptors (Lipinski definition) is 4. The lowest BCUT2D eigenvalue weighted by molar-refractivity contribution is -0.120. The van der Waals surface area contributed by atoms with Crippen LogP contribution in [0, 0.1) is 0 Å². The predicted octanol–water partition coefficient (Wildman–Crippen LogP) is 1.56. The van der Waals surface area contributed by atoms with Crippen molar-refractivity contribution < 1.29 is 9.53 Å². The highest BCUT2D eigenvalue weighted by Gasteiger charge is 2.16. The van der Waals surface area contributed by atoms with Gasteiger partial charge >= 0.3 is 0 Å². The van der Waals surface area contributed by atoms with Gasteiger partial charge in [0.05, 0.1) is 12.4 Å². The highest BCUT2D eigenvalue weighted by atomic mass is 32.2. The normalized spacial score (nSPS) is 11.9. The van der Waals surface area contributed by atoms with Gasteiger partial charge in [0, 0.05) is 4.90 Å². The number of benzene rings is 1. The van der Waals surface area contributed by atoms with E-state index < -0.39 is 0 Å². The van der Waals surface area contributed by atoms with E-state index in [4.69, 9.17) is 10.6 Å². The Bertz CT molecular complexity index is 358. The zero-order valence-corrected chi connectivity index (χ0v) is 10.2. The van der Waals surface area contributed by atoms with Gasteiger partial charge in [-0.2, -0.15) is 0 Å². The quantitative estimate of drug-likeness (QED) is 0.355. The molecule has 1 aromatic rings. The predicted molar refractivity (Wildman–Crippen MR) is 65.3 cm³/mol. The topological polar surface area (TPSA) is 64.3 Å². The monoisotopic (exact) mass is 240 g/mol. The lowest BCUT2D eigenvalue weighted by Gasteiger charge is -2.12. The number of rotatable bonds is 5. The maximum atomic E-state index is 11.4. The van der Waals surface area contributed by atoms with Gasteiger partial charge in [-0.3, -0.25) is 10.2 Å². The first-order valence-electron chi connectivity index (χ1n) is 5.02. The number of hydrogen-bond donors (Lipinski definition) is 2. The molecule has 0 aliphatic carbocycles. The lowest BCUT2D eigenvalue weighted by Crippen LogP contribution is -2.37. The lowest BCUT2D eigenvalue weighted by atomic mass is 10.3. The molecule has 4 nitrogen and oxygen atoms in total. The van der Waals surface area contributed by atoms with Crippen molar-refractivity contribution in [1.82, 2.24) is 5.43 Å². The van der Waals surface area contributed by atoms with Crippen molar-refractivity contribution in [1.29, 1.82) is 0 Å². The smallest absolute Gasteiger partial charge is 0.247 e. The Hall–Kier alpha value is -1.20. The van der Waals surface area contributed by atoms with Crippen LogP contribution in [-0.4, -0.2) is 18.3 Å². The molecule has 1 aromatic carbocycles. The fraction of sp³-hybridized carbons (Fsp3) is 0.364. The Morgan fingerprint density at radius 3 is 2.94 bits per heavy atom. The van der Waals surface area contributed by atoms with Crippen molar-refractivity contribution in [2.45, 2.75) is 23.5 Å². The van der Waals surface area contributed by atoms with Gasteiger partial charge in [-0.25, -0.2) is 5.84 Å². The Morgan fingerprint density at radius 2 is 2.38 bits per heavy atom. The Labute approximate surface area is 99.5 Å². The number of nitrogens with one attached hydrogen (secondary N) is 1. The molecule has 88 valence electrons. The third kappa shape index (κ3) is 3.43. The highest BCUT2D eigenvalue weighted by Crippen LogP contribution is 2.28. The van der Waals surface area contributed by atoms with E-state index in [1.54, 1.807) is 7.11 Å². The van der Waals surface area contributed by atoms with Crippen LogP contribution < -0.4 is 16.0 Å². The molecule has 0 saturated carbocycles. The van der Waals surface area contributed by atoms with Crippen molar-refractivity contribution in [2.24, 2.45) is 5.84 Å². The second kappa shape index (κ2) is 6.40. The fourth-order valence-electron chi connectivity index (χ4n) is 1.25. The van der Waals surface area contributed by atoms with E-state index in [9.17, 15) is 4.79 Å². The Morgan fingerprint density at radius 1 is 1.62 bits per heavy atom. The van der Waals surface area contributed by atoms with Crippen molar-refractivity contribution >= 4 is 17.7 Å². The van der Waals surface area contributed by atoms with E-state index in [0.717, 1.165) is 17.1 Å². The van der Waals surface area contributed by atoms with E-state index in [-0.39, 0.29) is 11.2 Å². The van der Waals surface area contributed by atoms with Crippen molar-refractivity contribution in [3.63, 3.8) is 0 Å². The van der Waals surface area contributed by atoms with E-state index in [2.05, 4.69) is 5.43 Å². The van der Waals surface area contributed by atoms with Crippen molar-refractivity contribution in [2.75, 3.05) is 7.11 Å². The number of carbonyl (C=O) groups excluding carboxylic acids is 1.